The van der Waals surface area contributed by atoms with Gasteiger partial charge in [-0.05, 0) is 44.6 Å². The van der Waals surface area contributed by atoms with Crippen LogP contribution in [0, 0.1) is 0 Å². The maximum atomic E-state index is 4.02. The molecule has 16 heavy (non-hydrogen) atoms. The van der Waals surface area contributed by atoms with Gasteiger partial charge in [0.25, 0.3) is 0 Å². The Bertz CT molecular complexity index is 274. The second-order valence-corrected chi connectivity index (χ2v) is 4.24. The Morgan fingerprint density at radius 3 is 2.69 bits per heavy atom. The van der Waals surface area contributed by atoms with Crippen molar-refractivity contribution in [1.29, 1.82) is 0 Å². The van der Waals surface area contributed by atoms with Crippen LogP contribution in [0.25, 0.3) is 0 Å². The molecule has 0 aliphatic carbocycles. The van der Waals surface area contributed by atoms with E-state index < -0.39 is 0 Å². The molecule has 0 saturated heterocycles. The van der Waals surface area contributed by atoms with Crippen LogP contribution in [-0.4, -0.2) is 42.6 Å². The molecule has 0 amide bonds. The van der Waals surface area contributed by atoms with Crippen molar-refractivity contribution in [1.82, 2.24) is 15.2 Å². The maximum Gasteiger partial charge on any atom is 0.0270 e. The highest BCUT2D eigenvalue weighted by Crippen LogP contribution is 2.01. The molecule has 3 heteroatoms. The summed E-state index contributed by atoms with van der Waals surface area (Å²) < 4.78 is 0. The van der Waals surface area contributed by atoms with Gasteiger partial charge in [0.2, 0.25) is 0 Å². The van der Waals surface area contributed by atoms with Gasteiger partial charge in [-0.2, -0.15) is 0 Å². The fourth-order valence-electron chi connectivity index (χ4n) is 1.58. The summed E-state index contributed by atoms with van der Waals surface area (Å²) in [6, 6.07) is 4.76. The fraction of sp³-hybridized carbons (Fsp3) is 0.615. The molecule has 1 atom stereocenters. The topological polar surface area (TPSA) is 28.2 Å². The molecule has 0 aliphatic rings. The van der Waals surface area contributed by atoms with E-state index in [1.54, 1.807) is 0 Å². The van der Waals surface area contributed by atoms with E-state index in [2.05, 4.69) is 48.2 Å². The SMILES string of the molecule is CCNCC(C)N(C)CCc1ccncc1. The summed E-state index contributed by atoms with van der Waals surface area (Å²) in [5.41, 5.74) is 1.36. The molecule has 1 unspecified atom stereocenters. The van der Waals surface area contributed by atoms with Crippen LogP contribution in [0.15, 0.2) is 24.5 Å². The Hall–Kier alpha value is -0.930. The van der Waals surface area contributed by atoms with E-state index in [1.165, 1.54) is 5.56 Å². The molecule has 0 spiro atoms. The minimum absolute atomic E-state index is 0.585. The molecular weight excluding hydrogens is 198 g/mol. The fourth-order valence-corrected chi connectivity index (χ4v) is 1.58. The Morgan fingerprint density at radius 2 is 2.06 bits per heavy atom. The summed E-state index contributed by atoms with van der Waals surface area (Å²) >= 11 is 0. The molecule has 1 aromatic rings. The van der Waals surface area contributed by atoms with Crippen molar-refractivity contribution in [2.24, 2.45) is 0 Å². The highest BCUT2D eigenvalue weighted by molar-refractivity contribution is 5.09. The molecule has 1 rings (SSSR count). The Kier molecular flexibility index (Phi) is 6.04. The number of likely N-dealkylation sites (N-methyl/N-ethyl adjacent to an activating group) is 2. The second-order valence-electron chi connectivity index (χ2n) is 4.24. The van der Waals surface area contributed by atoms with Crippen molar-refractivity contribution in [2.75, 3.05) is 26.7 Å². The molecule has 0 aliphatic heterocycles. The third-order valence-corrected chi connectivity index (χ3v) is 2.94. The van der Waals surface area contributed by atoms with Crippen LogP contribution in [0.2, 0.25) is 0 Å². The molecule has 1 heterocycles. The van der Waals surface area contributed by atoms with Crippen molar-refractivity contribution in [3.8, 4) is 0 Å². The van der Waals surface area contributed by atoms with Gasteiger partial charge in [0.05, 0.1) is 0 Å². The highest BCUT2D eigenvalue weighted by Gasteiger charge is 2.07. The summed E-state index contributed by atoms with van der Waals surface area (Å²) in [5.74, 6) is 0. The Labute approximate surface area is 98.9 Å². The van der Waals surface area contributed by atoms with Crippen LogP contribution in [0.3, 0.4) is 0 Å². The summed E-state index contributed by atoms with van der Waals surface area (Å²) in [5, 5.41) is 3.38. The van der Waals surface area contributed by atoms with Gasteiger partial charge >= 0.3 is 0 Å². The Morgan fingerprint density at radius 1 is 1.38 bits per heavy atom. The molecule has 1 aromatic heterocycles. The highest BCUT2D eigenvalue weighted by atomic mass is 15.1. The lowest BCUT2D eigenvalue weighted by Gasteiger charge is -2.24. The number of hydrogen-bond acceptors (Lipinski definition) is 3. The van der Waals surface area contributed by atoms with E-state index >= 15 is 0 Å². The van der Waals surface area contributed by atoms with Crippen LogP contribution >= 0.6 is 0 Å². The van der Waals surface area contributed by atoms with Gasteiger partial charge in [0, 0.05) is 31.5 Å². The molecule has 0 fully saturated rings. The third-order valence-electron chi connectivity index (χ3n) is 2.94. The minimum atomic E-state index is 0.585. The van der Waals surface area contributed by atoms with E-state index in [0.717, 1.165) is 26.1 Å². The van der Waals surface area contributed by atoms with Crippen LogP contribution in [0.1, 0.15) is 19.4 Å². The lowest BCUT2D eigenvalue weighted by atomic mass is 10.2. The number of rotatable bonds is 7. The molecule has 1 N–H and O–H groups in total. The zero-order chi connectivity index (χ0) is 11.8. The number of pyridine rings is 1. The number of aromatic nitrogens is 1. The average molecular weight is 221 g/mol. The van der Waals surface area contributed by atoms with Crippen LogP contribution in [0.4, 0.5) is 0 Å². The van der Waals surface area contributed by atoms with Crippen molar-refractivity contribution < 1.29 is 0 Å². The van der Waals surface area contributed by atoms with Crippen LogP contribution in [0.5, 0.6) is 0 Å². The van der Waals surface area contributed by atoms with Gasteiger partial charge < -0.3 is 10.2 Å². The van der Waals surface area contributed by atoms with Crippen molar-refractivity contribution in [3.05, 3.63) is 30.1 Å². The van der Waals surface area contributed by atoms with Gasteiger partial charge in [0.1, 0.15) is 0 Å². The second kappa shape index (κ2) is 7.36. The normalized spacial score (nSPS) is 13.0. The summed E-state index contributed by atoms with van der Waals surface area (Å²) in [6.45, 7) is 7.60. The summed E-state index contributed by atoms with van der Waals surface area (Å²) in [7, 11) is 2.18. The quantitative estimate of drug-likeness (QED) is 0.757. The Balaban J connectivity index is 2.26. The molecule has 0 radical (unpaired) electrons. The third kappa shape index (κ3) is 4.73. The van der Waals surface area contributed by atoms with E-state index in [0.29, 0.717) is 6.04 Å². The number of nitrogens with one attached hydrogen (secondary N) is 1. The molecule has 0 saturated carbocycles. The molecular formula is C13H23N3. The zero-order valence-electron chi connectivity index (χ0n) is 10.6. The van der Waals surface area contributed by atoms with Crippen molar-refractivity contribution in [3.63, 3.8) is 0 Å². The number of nitrogens with zero attached hydrogens (tertiary/aromatic N) is 2. The average Bonchev–Trinajstić information content (AvgIpc) is 2.34. The van der Waals surface area contributed by atoms with Crippen LogP contribution < -0.4 is 5.32 Å². The first-order chi connectivity index (χ1) is 7.74. The first kappa shape index (κ1) is 13.1. The lowest BCUT2D eigenvalue weighted by molar-refractivity contribution is 0.255. The maximum absolute atomic E-state index is 4.02. The van der Waals surface area contributed by atoms with Gasteiger partial charge in [-0.25, -0.2) is 0 Å². The molecule has 90 valence electrons. The van der Waals surface area contributed by atoms with Crippen LogP contribution in [-0.2, 0) is 6.42 Å². The van der Waals surface area contributed by atoms with Crippen molar-refractivity contribution in [2.45, 2.75) is 26.3 Å². The molecule has 0 bridgehead atoms. The minimum Gasteiger partial charge on any atom is -0.315 e. The van der Waals surface area contributed by atoms with Gasteiger partial charge in [-0.15, -0.1) is 0 Å². The predicted molar refractivity (Wildman–Crippen MR) is 68.6 cm³/mol. The molecule has 3 nitrogen and oxygen atoms in total. The van der Waals surface area contributed by atoms with Gasteiger partial charge in [0.15, 0.2) is 0 Å². The number of hydrogen-bond donors (Lipinski definition) is 1. The smallest absolute Gasteiger partial charge is 0.0270 e. The van der Waals surface area contributed by atoms with E-state index in [1.807, 2.05) is 12.4 Å². The van der Waals surface area contributed by atoms with Crippen molar-refractivity contribution >= 4 is 0 Å². The first-order valence-electron chi connectivity index (χ1n) is 6.04. The first-order valence-corrected chi connectivity index (χ1v) is 6.04. The van der Waals surface area contributed by atoms with Gasteiger partial charge in [-0.3, -0.25) is 4.98 Å². The summed E-state index contributed by atoms with van der Waals surface area (Å²) in [6.07, 6.45) is 4.81. The largest absolute Gasteiger partial charge is 0.315 e. The predicted octanol–water partition coefficient (Wildman–Crippen LogP) is 1.55. The van der Waals surface area contributed by atoms with E-state index in [-0.39, 0.29) is 0 Å². The standard InChI is InChI=1S/C13H23N3/c1-4-14-11-12(2)16(3)10-7-13-5-8-15-9-6-13/h5-6,8-9,12,14H,4,7,10-11H2,1-3H3. The van der Waals surface area contributed by atoms with E-state index in [4.69, 9.17) is 0 Å². The zero-order valence-corrected chi connectivity index (χ0v) is 10.6. The monoisotopic (exact) mass is 221 g/mol. The molecule has 0 aromatic carbocycles. The van der Waals surface area contributed by atoms with E-state index in [9.17, 15) is 0 Å². The van der Waals surface area contributed by atoms with Gasteiger partial charge in [-0.1, -0.05) is 6.92 Å². The summed E-state index contributed by atoms with van der Waals surface area (Å²) in [4.78, 5) is 6.42. The lowest BCUT2D eigenvalue weighted by Crippen LogP contribution is -2.38.